The molecule has 10 heteroatoms. The van der Waals surface area contributed by atoms with Crippen molar-refractivity contribution in [2.24, 2.45) is 0 Å². The van der Waals surface area contributed by atoms with E-state index < -0.39 is 10.0 Å². The number of amides is 2. The van der Waals surface area contributed by atoms with Crippen LogP contribution >= 0.6 is 11.3 Å². The predicted octanol–water partition coefficient (Wildman–Crippen LogP) is 5.14. The maximum atomic E-state index is 13.8. The fourth-order valence-electron chi connectivity index (χ4n) is 6.21. The van der Waals surface area contributed by atoms with Crippen LogP contribution in [0.4, 0.5) is 5.00 Å². The summed E-state index contributed by atoms with van der Waals surface area (Å²) in [6.07, 6.45) is 4.59. The molecule has 0 radical (unpaired) electrons. The standard InChI is InChI=1S/C32H38N4O4S2/c1-22(2)35-18-15-27-28(21-35)41-31(29(27)32(38)34-16-6-3-7-17-34)33-30(37)24-10-12-26(13-11-24)42(39,40)36-19-14-23-8-4-5-9-25(23)20-36/h4-5,8-13,22H,3,6-7,14-21H2,1-2H3,(H,33,37). The molecule has 0 aliphatic carbocycles. The molecule has 3 aliphatic rings. The number of hydrogen-bond donors (Lipinski definition) is 1. The first-order chi connectivity index (χ1) is 20.2. The number of fused-ring (bicyclic) bond motifs is 2. The van der Waals surface area contributed by atoms with Crippen molar-refractivity contribution in [3.05, 3.63) is 81.2 Å². The highest BCUT2D eigenvalue weighted by atomic mass is 32.2. The fourth-order valence-corrected chi connectivity index (χ4v) is 8.89. The van der Waals surface area contributed by atoms with E-state index in [9.17, 15) is 18.0 Å². The molecule has 0 unspecified atom stereocenters. The highest BCUT2D eigenvalue weighted by Crippen LogP contribution is 2.39. The van der Waals surface area contributed by atoms with E-state index >= 15 is 0 Å². The lowest BCUT2D eigenvalue weighted by molar-refractivity contribution is 0.0723. The van der Waals surface area contributed by atoms with Gasteiger partial charge in [-0.05, 0) is 86.9 Å². The van der Waals surface area contributed by atoms with Crippen LogP contribution in [0, 0.1) is 0 Å². The van der Waals surface area contributed by atoms with Gasteiger partial charge < -0.3 is 10.2 Å². The zero-order valence-corrected chi connectivity index (χ0v) is 25.9. The van der Waals surface area contributed by atoms with Crippen LogP contribution in [0.25, 0.3) is 0 Å². The molecule has 2 amide bonds. The van der Waals surface area contributed by atoms with Crippen LogP contribution in [0.5, 0.6) is 0 Å². The first-order valence-electron chi connectivity index (χ1n) is 14.9. The summed E-state index contributed by atoms with van der Waals surface area (Å²) < 4.78 is 28.3. The summed E-state index contributed by atoms with van der Waals surface area (Å²) in [5, 5.41) is 3.63. The van der Waals surface area contributed by atoms with Crippen molar-refractivity contribution < 1.29 is 18.0 Å². The Morgan fingerprint density at radius 2 is 1.57 bits per heavy atom. The third-order valence-corrected chi connectivity index (χ3v) is 11.7. The molecule has 0 bridgehead atoms. The first kappa shape index (κ1) is 29.0. The van der Waals surface area contributed by atoms with Gasteiger partial charge in [0.1, 0.15) is 5.00 Å². The number of likely N-dealkylation sites (tertiary alicyclic amines) is 1. The van der Waals surface area contributed by atoms with E-state index in [1.54, 1.807) is 12.1 Å². The van der Waals surface area contributed by atoms with Crippen molar-refractivity contribution in [2.75, 3.05) is 31.5 Å². The number of nitrogens with zero attached hydrogens (tertiary/aromatic N) is 3. The Morgan fingerprint density at radius 1 is 0.857 bits per heavy atom. The smallest absolute Gasteiger partial charge is 0.257 e. The van der Waals surface area contributed by atoms with Crippen LogP contribution in [-0.4, -0.2) is 66.6 Å². The third-order valence-electron chi connectivity index (χ3n) is 8.75. The SMILES string of the molecule is CC(C)N1CCc2c(sc(NC(=O)c3ccc(S(=O)(=O)N4CCc5ccccc5C4)cc3)c2C(=O)N2CCCCC2)C1. The molecular weight excluding hydrogens is 569 g/mol. The van der Waals surface area contributed by atoms with Crippen LogP contribution in [0.15, 0.2) is 53.4 Å². The Kier molecular flexibility index (Phi) is 8.24. The average molecular weight is 607 g/mol. The number of benzene rings is 2. The molecule has 42 heavy (non-hydrogen) atoms. The molecule has 3 aromatic rings. The Labute approximate surface area is 252 Å². The van der Waals surface area contributed by atoms with Crippen molar-refractivity contribution in [1.29, 1.82) is 0 Å². The second-order valence-corrected chi connectivity index (χ2v) is 14.8. The number of sulfonamides is 1. The van der Waals surface area contributed by atoms with Gasteiger partial charge >= 0.3 is 0 Å². The Bertz CT molecular complexity index is 1590. The number of thiophene rings is 1. The maximum absolute atomic E-state index is 13.8. The Morgan fingerprint density at radius 3 is 2.29 bits per heavy atom. The Hall–Kier alpha value is -3.05. The lowest BCUT2D eigenvalue weighted by Gasteiger charge is -2.31. The summed E-state index contributed by atoms with van der Waals surface area (Å²) >= 11 is 1.50. The quantitative estimate of drug-likeness (QED) is 0.420. The number of rotatable bonds is 6. The van der Waals surface area contributed by atoms with Gasteiger partial charge in [0, 0.05) is 55.8 Å². The molecule has 222 valence electrons. The minimum atomic E-state index is -3.70. The van der Waals surface area contributed by atoms with Gasteiger partial charge in [0.2, 0.25) is 10.0 Å². The molecule has 1 aromatic heterocycles. The van der Waals surface area contributed by atoms with Crippen LogP contribution < -0.4 is 5.32 Å². The van der Waals surface area contributed by atoms with E-state index in [1.807, 2.05) is 29.2 Å². The molecular formula is C32H38N4O4S2. The van der Waals surface area contributed by atoms with Gasteiger partial charge in [-0.25, -0.2) is 8.42 Å². The number of anilines is 1. The highest BCUT2D eigenvalue weighted by Gasteiger charge is 2.33. The fraction of sp³-hybridized carbons (Fsp3) is 0.438. The van der Waals surface area contributed by atoms with Crippen LogP contribution in [0.3, 0.4) is 0 Å². The summed E-state index contributed by atoms with van der Waals surface area (Å²) in [7, 11) is -3.70. The van der Waals surface area contributed by atoms with Gasteiger partial charge in [-0.3, -0.25) is 14.5 Å². The summed E-state index contributed by atoms with van der Waals surface area (Å²) in [4.78, 5) is 32.8. The molecule has 4 heterocycles. The van der Waals surface area contributed by atoms with Crippen molar-refractivity contribution in [3.8, 4) is 0 Å². The minimum absolute atomic E-state index is 0.00467. The Balaban J connectivity index is 1.22. The molecule has 2 aromatic carbocycles. The molecule has 0 spiro atoms. The van der Waals surface area contributed by atoms with Gasteiger partial charge in [-0.2, -0.15) is 4.31 Å². The van der Waals surface area contributed by atoms with Crippen LogP contribution in [0.1, 0.15) is 75.4 Å². The number of piperidine rings is 1. The van der Waals surface area contributed by atoms with E-state index in [0.29, 0.717) is 41.7 Å². The minimum Gasteiger partial charge on any atom is -0.339 e. The second-order valence-electron chi connectivity index (χ2n) is 11.7. The number of carbonyl (C=O) groups excluding carboxylic acids is 2. The second kappa shape index (κ2) is 11.9. The predicted molar refractivity (Wildman–Crippen MR) is 165 cm³/mol. The number of hydrogen-bond acceptors (Lipinski definition) is 6. The third kappa shape index (κ3) is 5.65. The molecule has 6 rings (SSSR count). The lowest BCUT2D eigenvalue weighted by Crippen LogP contribution is -2.38. The van der Waals surface area contributed by atoms with Crippen LogP contribution in [-0.2, 0) is 36.0 Å². The van der Waals surface area contributed by atoms with Gasteiger partial charge in [0.05, 0.1) is 10.5 Å². The topological polar surface area (TPSA) is 90.0 Å². The van der Waals surface area contributed by atoms with E-state index in [4.69, 9.17) is 0 Å². The molecule has 8 nitrogen and oxygen atoms in total. The monoisotopic (exact) mass is 606 g/mol. The molecule has 1 saturated heterocycles. The van der Waals surface area contributed by atoms with Crippen molar-refractivity contribution in [1.82, 2.24) is 14.1 Å². The van der Waals surface area contributed by atoms with Crippen molar-refractivity contribution in [3.63, 3.8) is 0 Å². The lowest BCUT2D eigenvalue weighted by atomic mass is 10.00. The summed E-state index contributed by atoms with van der Waals surface area (Å²) in [5.74, 6) is -0.345. The van der Waals surface area contributed by atoms with Crippen molar-refractivity contribution >= 4 is 38.2 Å². The zero-order valence-electron chi connectivity index (χ0n) is 24.3. The summed E-state index contributed by atoms with van der Waals surface area (Å²) in [6, 6.07) is 14.4. The molecule has 1 fully saturated rings. The van der Waals surface area contributed by atoms with E-state index in [-0.39, 0.29) is 16.7 Å². The van der Waals surface area contributed by atoms with E-state index in [0.717, 1.165) is 67.9 Å². The van der Waals surface area contributed by atoms with Crippen molar-refractivity contribution in [2.45, 2.75) is 70.0 Å². The van der Waals surface area contributed by atoms with Gasteiger partial charge in [-0.1, -0.05) is 24.3 Å². The largest absolute Gasteiger partial charge is 0.339 e. The number of carbonyl (C=O) groups is 2. The van der Waals surface area contributed by atoms with E-state index in [1.165, 1.54) is 33.3 Å². The van der Waals surface area contributed by atoms with Gasteiger partial charge in [-0.15, -0.1) is 11.3 Å². The summed E-state index contributed by atoms with van der Waals surface area (Å²) in [6.45, 7) is 8.25. The molecule has 1 N–H and O–H groups in total. The normalized spacial score (nSPS) is 18.0. The molecule has 0 atom stereocenters. The first-order valence-corrected chi connectivity index (χ1v) is 17.1. The molecule has 0 saturated carbocycles. The van der Waals surface area contributed by atoms with E-state index in [2.05, 4.69) is 24.1 Å². The maximum Gasteiger partial charge on any atom is 0.257 e. The van der Waals surface area contributed by atoms with Gasteiger partial charge in [0.25, 0.3) is 11.8 Å². The average Bonchev–Trinajstić information content (AvgIpc) is 3.37. The zero-order chi connectivity index (χ0) is 29.4. The van der Waals surface area contributed by atoms with Crippen LogP contribution in [0.2, 0.25) is 0 Å². The highest BCUT2D eigenvalue weighted by molar-refractivity contribution is 7.89. The molecule has 3 aliphatic heterocycles. The summed E-state index contributed by atoms with van der Waals surface area (Å²) in [5.41, 5.74) is 4.25. The van der Waals surface area contributed by atoms with Gasteiger partial charge in [0.15, 0.2) is 0 Å². The number of nitrogens with one attached hydrogen (secondary N) is 1.